The fourth-order valence-corrected chi connectivity index (χ4v) is 4.37. The topological polar surface area (TPSA) is 67.5 Å². The first-order chi connectivity index (χ1) is 15.0. The van der Waals surface area contributed by atoms with Crippen LogP contribution in [-0.4, -0.2) is 47.8 Å². The first-order valence-corrected chi connectivity index (χ1v) is 11.0. The van der Waals surface area contributed by atoms with Crippen molar-refractivity contribution in [2.75, 3.05) is 20.9 Å². The quantitative estimate of drug-likeness (QED) is 0.421. The molecule has 6 heteroatoms. The maximum atomic E-state index is 12.0. The molecule has 3 aromatic rings. The van der Waals surface area contributed by atoms with Crippen molar-refractivity contribution >= 4 is 16.7 Å². The molecule has 4 rings (SSSR count). The second-order valence-corrected chi connectivity index (χ2v) is 8.63. The first kappa shape index (κ1) is 21.4. The van der Waals surface area contributed by atoms with Crippen LogP contribution in [-0.2, 0) is 9.53 Å². The summed E-state index contributed by atoms with van der Waals surface area (Å²) in [4.78, 5) is 22.1. The van der Waals surface area contributed by atoms with Gasteiger partial charge in [0, 0.05) is 18.4 Å². The molecule has 0 saturated heterocycles. The Morgan fingerprint density at radius 1 is 1.16 bits per heavy atom. The zero-order chi connectivity index (χ0) is 21.8. The summed E-state index contributed by atoms with van der Waals surface area (Å²) in [6.07, 6.45) is 7.76. The summed E-state index contributed by atoms with van der Waals surface area (Å²) in [6, 6.07) is 12.7. The number of hydrogen-bond acceptors (Lipinski definition) is 5. The lowest BCUT2D eigenvalue weighted by atomic mass is 9.89. The van der Waals surface area contributed by atoms with Gasteiger partial charge in [0.25, 0.3) is 0 Å². The van der Waals surface area contributed by atoms with E-state index in [-0.39, 0.29) is 30.6 Å². The molecule has 0 aliphatic heterocycles. The highest BCUT2D eigenvalue weighted by atomic mass is 16.7. The summed E-state index contributed by atoms with van der Waals surface area (Å²) in [5, 5.41) is 2.22. The number of aromatic nitrogens is 2. The van der Waals surface area contributed by atoms with Crippen LogP contribution in [0.2, 0.25) is 0 Å². The number of imidazole rings is 1. The van der Waals surface area contributed by atoms with Gasteiger partial charge in [-0.05, 0) is 62.3 Å². The summed E-state index contributed by atoms with van der Waals surface area (Å²) in [5.74, 6) is 1.71. The van der Waals surface area contributed by atoms with Gasteiger partial charge in [-0.2, -0.15) is 0 Å². The van der Waals surface area contributed by atoms with Crippen molar-refractivity contribution in [1.82, 2.24) is 14.9 Å². The number of carbonyl (C=O) groups excluding carboxylic acids is 1. The number of hydrogen-bond donors (Lipinski definition) is 1. The number of aromatic amines is 1. The largest absolute Gasteiger partial charge is 0.457 e. The monoisotopic (exact) mass is 421 g/mol. The maximum Gasteiger partial charge on any atom is 0.311 e. The van der Waals surface area contributed by atoms with Gasteiger partial charge in [-0.3, -0.25) is 4.79 Å². The molecule has 0 bridgehead atoms. The lowest BCUT2D eigenvalue weighted by Gasteiger charge is -2.28. The molecule has 6 nitrogen and oxygen atoms in total. The zero-order valence-corrected chi connectivity index (χ0v) is 18.5. The Balaban J connectivity index is 1.47. The Morgan fingerprint density at radius 3 is 2.61 bits per heavy atom. The molecule has 1 aromatic heterocycles. The van der Waals surface area contributed by atoms with Crippen LogP contribution in [0.5, 0.6) is 5.75 Å². The Kier molecular flexibility index (Phi) is 6.56. The second-order valence-electron chi connectivity index (χ2n) is 8.63. The number of carbonyl (C=O) groups is 1. The zero-order valence-electron chi connectivity index (χ0n) is 18.5. The fraction of sp³-hybridized carbons (Fsp3) is 0.440. The van der Waals surface area contributed by atoms with Crippen molar-refractivity contribution in [2.45, 2.75) is 44.6 Å². The second kappa shape index (κ2) is 9.52. The molecule has 2 aromatic carbocycles. The van der Waals surface area contributed by atoms with Crippen molar-refractivity contribution in [3.8, 4) is 5.75 Å². The number of nitrogens with zero attached hydrogens (tertiary/aromatic N) is 2. The summed E-state index contributed by atoms with van der Waals surface area (Å²) >= 11 is 0. The van der Waals surface area contributed by atoms with E-state index in [1.54, 1.807) is 6.20 Å². The van der Waals surface area contributed by atoms with Crippen molar-refractivity contribution in [2.24, 2.45) is 5.92 Å². The van der Waals surface area contributed by atoms with Crippen LogP contribution in [0.25, 0.3) is 10.8 Å². The SMILES string of the molecule is CC(C(c1ccc2cc(OCOC(=O)C3CCCC3)ccc2c1)c1ncc[nH]1)N(C)C. The molecule has 0 amide bonds. The Labute approximate surface area is 183 Å². The summed E-state index contributed by atoms with van der Waals surface area (Å²) < 4.78 is 11.0. The van der Waals surface area contributed by atoms with Crippen LogP contribution in [0.4, 0.5) is 0 Å². The number of benzene rings is 2. The van der Waals surface area contributed by atoms with E-state index >= 15 is 0 Å². The molecule has 31 heavy (non-hydrogen) atoms. The van der Waals surface area contributed by atoms with Crippen LogP contribution in [0.3, 0.4) is 0 Å². The highest BCUT2D eigenvalue weighted by molar-refractivity contribution is 5.84. The number of ether oxygens (including phenoxy) is 2. The van der Waals surface area contributed by atoms with E-state index in [2.05, 4.69) is 54.1 Å². The van der Waals surface area contributed by atoms with E-state index in [1.165, 1.54) is 5.56 Å². The Bertz CT molecular complexity index is 1010. The number of fused-ring (bicyclic) bond motifs is 1. The van der Waals surface area contributed by atoms with Gasteiger partial charge < -0.3 is 19.4 Å². The molecular formula is C25H31N3O3. The molecule has 1 N–H and O–H groups in total. The minimum absolute atomic E-state index is 0.0418. The molecule has 1 fully saturated rings. The number of H-pyrrole nitrogens is 1. The third-order valence-electron chi connectivity index (χ3n) is 6.42. The van der Waals surface area contributed by atoms with Gasteiger partial charge >= 0.3 is 5.97 Å². The van der Waals surface area contributed by atoms with Crippen LogP contribution >= 0.6 is 0 Å². The smallest absolute Gasteiger partial charge is 0.311 e. The van der Waals surface area contributed by atoms with E-state index in [4.69, 9.17) is 9.47 Å². The molecular weight excluding hydrogens is 390 g/mol. The van der Waals surface area contributed by atoms with Gasteiger partial charge in [0.1, 0.15) is 11.6 Å². The average Bonchev–Trinajstić information content (AvgIpc) is 3.48. The van der Waals surface area contributed by atoms with Gasteiger partial charge in [0.15, 0.2) is 0 Å². The number of likely N-dealkylation sites (N-methyl/N-ethyl adjacent to an activating group) is 1. The van der Waals surface area contributed by atoms with E-state index < -0.39 is 0 Å². The van der Waals surface area contributed by atoms with Gasteiger partial charge in [0.2, 0.25) is 6.79 Å². The molecule has 164 valence electrons. The summed E-state index contributed by atoms with van der Waals surface area (Å²) in [6.45, 7) is 2.17. The average molecular weight is 422 g/mol. The van der Waals surface area contributed by atoms with Crippen molar-refractivity contribution in [3.63, 3.8) is 0 Å². The van der Waals surface area contributed by atoms with Gasteiger partial charge in [-0.25, -0.2) is 4.98 Å². The molecule has 0 spiro atoms. The van der Waals surface area contributed by atoms with E-state index in [1.807, 2.05) is 24.4 Å². The molecule has 1 heterocycles. The Morgan fingerprint density at radius 2 is 1.90 bits per heavy atom. The molecule has 0 radical (unpaired) electrons. The lowest BCUT2D eigenvalue weighted by Crippen LogP contribution is -2.32. The summed E-state index contributed by atoms with van der Waals surface area (Å²) in [7, 11) is 4.18. The van der Waals surface area contributed by atoms with Gasteiger partial charge in [-0.1, -0.05) is 37.1 Å². The molecule has 2 atom stereocenters. The van der Waals surface area contributed by atoms with Crippen LogP contribution in [0.15, 0.2) is 48.8 Å². The Hall–Kier alpha value is -2.86. The highest BCUT2D eigenvalue weighted by Crippen LogP contribution is 2.31. The molecule has 1 saturated carbocycles. The normalized spacial score (nSPS) is 16.5. The fourth-order valence-electron chi connectivity index (χ4n) is 4.37. The van der Waals surface area contributed by atoms with E-state index in [0.29, 0.717) is 5.75 Å². The van der Waals surface area contributed by atoms with Crippen molar-refractivity contribution in [1.29, 1.82) is 0 Å². The predicted octanol–water partition coefficient (Wildman–Crippen LogP) is 4.71. The summed E-state index contributed by atoms with van der Waals surface area (Å²) in [5.41, 5.74) is 1.21. The number of nitrogens with one attached hydrogen (secondary N) is 1. The third-order valence-corrected chi connectivity index (χ3v) is 6.42. The van der Waals surface area contributed by atoms with E-state index in [0.717, 1.165) is 42.3 Å². The molecule has 1 aliphatic carbocycles. The minimum atomic E-state index is -0.137. The van der Waals surface area contributed by atoms with Crippen LogP contribution in [0, 0.1) is 5.92 Å². The number of esters is 1. The number of rotatable bonds is 8. The third kappa shape index (κ3) is 4.90. The lowest BCUT2D eigenvalue weighted by molar-refractivity contribution is -0.154. The minimum Gasteiger partial charge on any atom is -0.457 e. The predicted molar refractivity (Wildman–Crippen MR) is 121 cm³/mol. The highest BCUT2D eigenvalue weighted by Gasteiger charge is 2.26. The van der Waals surface area contributed by atoms with Crippen LogP contribution in [0.1, 0.15) is 49.9 Å². The van der Waals surface area contributed by atoms with Crippen molar-refractivity contribution in [3.05, 3.63) is 60.2 Å². The standard InChI is InChI=1S/C25H31N3O3/c1-17(28(2)3)23(24-26-12-13-27-24)21-9-8-20-15-22(11-10-19(20)14-21)30-16-31-25(29)18-6-4-5-7-18/h8-15,17-18,23H,4-7,16H2,1-3H3,(H,26,27). The van der Waals surface area contributed by atoms with Crippen molar-refractivity contribution < 1.29 is 14.3 Å². The van der Waals surface area contributed by atoms with Gasteiger partial charge in [-0.15, -0.1) is 0 Å². The van der Waals surface area contributed by atoms with E-state index in [9.17, 15) is 4.79 Å². The van der Waals surface area contributed by atoms with Gasteiger partial charge in [0.05, 0.1) is 11.8 Å². The molecule has 1 aliphatic rings. The molecule has 2 unspecified atom stereocenters. The van der Waals surface area contributed by atoms with Crippen LogP contribution < -0.4 is 4.74 Å². The maximum absolute atomic E-state index is 12.0. The first-order valence-electron chi connectivity index (χ1n) is 11.0.